The number of carbonyl (C=O) groups excluding carboxylic acids is 2. The fourth-order valence-electron chi connectivity index (χ4n) is 2.55. The largest absolute Gasteiger partial charge is 0.464 e. The number of esters is 1. The maximum atomic E-state index is 12.9. The second-order valence-corrected chi connectivity index (χ2v) is 7.74. The molecule has 1 aliphatic heterocycles. The van der Waals surface area contributed by atoms with E-state index in [2.05, 4.69) is 13.8 Å². The monoisotopic (exact) mass is 335 g/mol. The molecule has 2 rings (SSSR count). The third kappa shape index (κ3) is 4.28. The molecule has 2 atom stereocenters. The van der Waals surface area contributed by atoms with Crippen LogP contribution >= 0.6 is 11.8 Å². The van der Waals surface area contributed by atoms with Crippen LogP contribution in [0.15, 0.2) is 30.3 Å². The zero-order valence-electron chi connectivity index (χ0n) is 14.2. The van der Waals surface area contributed by atoms with Crippen molar-refractivity contribution in [3.63, 3.8) is 0 Å². The number of amides is 1. The molecule has 126 valence electrons. The van der Waals surface area contributed by atoms with Gasteiger partial charge in [0.15, 0.2) is 0 Å². The van der Waals surface area contributed by atoms with Crippen LogP contribution in [-0.4, -0.2) is 40.6 Å². The number of nitrogens with zero attached hydrogens (tertiary/aromatic N) is 1. The van der Waals surface area contributed by atoms with Crippen molar-refractivity contribution < 1.29 is 14.3 Å². The Bertz CT molecular complexity index is 544. The number of thioether (sulfide) groups is 1. The van der Waals surface area contributed by atoms with Crippen LogP contribution in [0.25, 0.3) is 0 Å². The Hall–Kier alpha value is -1.49. The van der Waals surface area contributed by atoms with Crippen molar-refractivity contribution in [1.29, 1.82) is 0 Å². The van der Waals surface area contributed by atoms with Gasteiger partial charge < -0.3 is 9.64 Å². The highest BCUT2D eigenvalue weighted by atomic mass is 32.2. The van der Waals surface area contributed by atoms with Crippen molar-refractivity contribution in [2.24, 2.45) is 11.8 Å². The first-order chi connectivity index (χ1) is 10.9. The standard InChI is InChI=1S/C18H25NO3S/c1-12(2)10-22-18(21)15-11-23-17(13(3)4)19(15)16(20)14-8-6-5-7-9-14/h5-9,12-13,15,17H,10-11H2,1-4H3. The van der Waals surface area contributed by atoms with Crippen LogP contribution in [0.3, 0.4) is 0 Å². The van der Waals surface area contributed by atoms with Gasteiger partial charge in [0.2, 0.25) is 0 Å². The van der Waals surface area contributed by atoms with Crippen LogP contribution in [-0.2, 0) is 9.53 Å². The summed E-state index contributed by atoms with van der Waals surface area (Å²) in [4.78, 5) is 27.1. The van der Waals surface area contributed by atoms with Crippen molar-refractivity contribution in [2.45, 2.75) is 39.1 Å². The molecule has 5 heteroatoms. The molecule has 1 aromatic rings. The molecule has 0 saturated carbocycles. The van der Waals surface area contributed by atoms with E-state index in [1.165, 1.54) is 0 Å². The molecule has 0 aliphatic carbocycles. The number of hydrogen-bond acceptors (Lipinski definition) is 4. The minimum atomic E-state index is -0.501. The molecule has 0 aromatic heterocycles. The summed E-state index contributed by atoms with van der Waals surface area (Å²) in [6.45, 7) is 8.54. The molecule has 1 aliphatic rings. The van der Waals surface area contributed by atoms with Gasteiger partial charge in [0.05, 0.1) is 12.0 Å². The van der Waals surface area contributed by atoms with Gasteiger partial charge in [-0.25, -0.2) is 4.79 Å². The van der Waals surface area contributed by atoms with Gasteiger partial charge in [-0.3, -0.25) is 4.79 Å². The van der Waals surface area contributed by atoms with Crippen LogP contribution in [0.4, 0.5) is 0 Å². The molecule has 1 fully saturated rings. The number of ether oxygens (including phenoxy) is 1. The minimum absolute atomic E-state index is 0.000642. The smallest absolute Gasteiger partial charge is 0.329 e. The molecule has 1 aromatic carbocycles. The average Bonchev–Trinajstić information content (AvgIpc) is 2.97. The Labute approximate surface area is 142 Å². The molecule has 1 amide bonds. The Morgan fingerprint density at radius 1 is 1.22 bits per heavy atom. The first-order valence-corrected chi connectivity index (χ1v) is 9.12. The number of benzene rings is 1. The van der Waals surface area contributed by atoms with Gasteiger partial charge in [-0.15, -0.1) is 11.8 Å². The molecular weight excluding hydrogens is 310 g/mol. The van der Waals surface area contributed by atoms with Crippen LogP contribution in [0, 0.1) is 11.8 Å². The lowest BCUT2D eigenvalue weighted by atomic mass is 10.1. The van der Waals surface area contributed by atoms with Crippen molar-refractivity contribution in [2.75, 3.05) is 12.4 Å². The zero-order valence-corrected chi connectivity index (χ0v) is 15.0. The molecule has 2 unspecified atom stereocenters. The summed E-state index contributed by atoms with van der Waals surface area (Å²) >= 11 is 1.66. The molecule has 0 spiro atoms. The third-order valence-corrected chi connectivity index (χ3v) is 5.31. The van der Waals surface area contributed by atoms with E-state index < -0.39 is 6.04 Å². The number of hydrogen-bond donors (Lipinski definition) is 0. The summed E-state index contributed by atoms with van der Waals surface area (Å²) in [5.74, 6) is 0.764. The van der Waals surface area contributed by atoms with Gasteiger partial charge in [-0.2, -0.15) is 0 Å². The van der Waals surface area contributed by atoms with Crippen LogP contribution in [0.2, 0.25) is 0 Å². The van der Waals surface area contributed by atoms with Gasteiger partial charge >= 0.3 is 5.97 Å². The highest BCUT2D eigenvalue weighted by Crippen LogP contribution is 2.35. The molecule has 1 heterocycles. The average molecular weight is 335 g/mol. The van der Waals surface area contributed by atoms with E-state index in [4.69, 9.17) is 4.74 Å². The van der Waals surface area contributed by atoms with Crippen LogP contribution < -0.4 is 0 Å². The summed E-state index contributed by atoms with van der Waals surface area (Å²) in [6.07, 6.45) is 0. The summed E-state index contributed by atoms with van der Waals surface area (Å²) in [5.41, 5.74) is 0.613. The van der Waals surface area contributed by atoms with Crippen LogP contribution in [0.1, 0.15) is 38.1 Å². The Morgan fingerprint density at radius 2 is 1.87 bits per heavy atom. The van der Waals surface area contributed by atoms with Crippen molar-refractivity contribution in [1.82, 2.24) is 4.90 Å². The van der Waals surface area contributed by atoms with Gasteiger partial charge in [0.25, 0.3) is 5.91 Å². The van der Waals surface area contributed by atoms with E-state index >= 15 is 0 Å². The molecule has 0 bridgehead atoms. The fraction of sp³-hybridized carbons (Fsp3) is 0.556. The maximum Gasteiger partial charge on any atom is 0.329 e. The van der Waals surface area contributed by atoms with Gasteiger partial charge in [-0.1, -0.05) is 45.9 Å². The first-order valence-electron chi connectivity index (χ1n) is 8.07. The van der Waals surface area contributed by atoms with E-state index in [1.807, 2.05) is 32.0 Å². The Morgan fingerprint density at radius 3 is 2.43 bits per heavy atom. The molecule has 4 nitrogen and oxygen atoms in total. The molecule has 23 heavy (non-hydrogen) atoms. The lowest BCUT2D eigenvalue weighted by Crippen LogP contribution is -2.47. The summed E-state index contributed by atoms with van der Waals surface area (Å²) < 4.78 is 5.39. The SMILES string of the molecule is CC(C)COC(=O)C1CSC(C(C)C)N1C(=O)c1ccccc1. The highest BCUT2D eigenvalue weighted by Gasteiger charge is 2.43. The summed E-state index contributed by atoms with van der Waals surface area (Å²) in [6, 6.07) is 8.64. The van der Waals surface area contributed by atoms with E-state index in [1.54, 1.807) is 28.8 Å². The normalized spacial score (nSPS) is 21.0. The van der Waals surface area contributed by atoms with Crippen LogP contribution in [0.5, 0.6) is 0 Å². The molecule has 0 radical (unpaired) electrons. The predicted molar refractivity (Wildman–Crippen MR) is 93.3 cm³/mol. The lowest BCUT2D eigenvalue weighted by Gasteiger charge is -2.30. The minimum Gasteiger partial charge on any atom is -0.464 e. The topological polar surface area (TPSA) is 46.6 Å². The lowest BCUT2D eigenvalue weighted by molar-refractivity contribution is -0.149. The predicted octanol–water partition coefficient (Wildman–Crippen LogP) is 3.43. The first kappa shape index (κ1) is 17.9. The second-order valence-electron chi connectivity index (χ2n) is 6.59. The van der Waals surface area contributed by atoms with Crippen molar-refractivity contribution in [3.8, 4) is 0 Å². The summed E-state index contributed by atoms with van der Waals surface area (Å²) in [7, 11) is 0. The Kier molecular flexibility index (Phi) is 6.10. The third-order valence-electron chi connectivity index (χ3n) is 3.69. The Balaban J connectivity index is 2.21. The van der Waals surface area contributed by atoms with E-state index in [0.717, 1.165) is 0 Å². The zero-order chi connectivity index (χ0) is 17.0. The van der Waals surface area contributed by atoms with E-state index in [-0.39, 0.29) is 29.1 Å². The van der Waals surface area contributed by atoms with Crippen molar-refractivity contribution >= 4 is 23.6 Å². The van der Waals surface area contributed by atoms with Gasteiger partial charge in [-0.05, 0) is 24.0 Å². The molecule has 0 N–H and O–H groups in total. The second kappa shape index (κ2) is 7.86. The molecule has 1 saturated heterocycles. The number of rotatable bonds is 5. The molecular formula is C18H25NO3S. The van der Waals surface area contributed by atoms with E-state index in [0.29, 0.717) is 17.9 Å². The van der Waals surface area contributed by atoms with Gasteiger partial charge in [0.1, 0.15) is 6.04 Å². The quantitative estimate of drug-likeness (QED) is 0.774. The van der Waals surface area contributed by atoms with Gasteiger partial charge in [0, 0.05) is 11.3 Å². The highest BCUT2D eigenvalue weighted by molar-refractivity contribution is 8.00. The fourth-order valence-corrected chi connectivity index (χ4v) is 4.02. The van der Waals surface area contributed by atoms with Crippen molar-refractivity contribution in [3.05, 3.63) is 35.9 Å². The summed E-state index contributed by atoms with van der Waals surface area (Å²) in [5, 5.41) is -0.000642. The van der Waals surface area contributed by atoms with E-state index in [9.17, 15) is 9.59 Å². The number of carbonyl (C=O) groups is 2. The maximum absolute atomic E-state index is 12.9.